The minimum Gasteiger partial charge on any atom is -0.297 e. The molecule has 0 spiro atoms. The van der Waals surface area contributed by atoms with Gasteiger partial charge in [-0.1, -0.05) is 39.5 Å². The van der Waals surface area contributed by atoms with Crippen molar-refractivity contribution in [3.63, 3.8) is 0 Å². The maximum atomic E-state index is 5.79. The first-order valence-corrected chi connectivity index (χ1v) is 5.30. The first-order valence-electron chi connectivity index (χ1n) is 5.30. The first kappa shape index (κ1) is 12.0. The lowest BCUT2D eigenvalue weighted by molar-refractivity contribution is 0.349. The van der Waals surface area contributed by atoms with Crippen molar-refractivity contribution in [3.05, 3.63) is 7.05 Å². The molecular formula is C11H23N. The number of nitrogens with zero attached hydrogens (tertiary/aromatic N) is 1. The smallest absolute Gasteiger partial charge is 0.0438 e. The highest BCUT2D eigenvalue weighted by Crippen LogP contribution is 2.00. The molecule has 0 aliphatic rings. The zero-order valence-electron chi connectivity index (χ0n) is 8.68. The van der Waals surface area contributed by atoms with Crippen LogP contribution in [0.4, 0.5) is 0 Å². The Morgan fingerprint density at radius 2 is 1.25 bits per heavy atom. The monoisotopic (exact) mass is 169 g/mol. The van der Waals surface area contributed by atoms with Gasteiger partial charge in [0.2, 0.25) is 0 Å². The molecule has 2 radical (unpaired) electrons. The van der Waals surface area contributed by atoms with E-state index in [-0.39, 0.29) is 0 Å². The Bertz CT molecular complexity index is 71.1. The van der Waals surface area contributed by atoms with E-state index in [0.717, 1.165) is 13.1 Å². The van der Waals surface area contributed by atoms with Gasteiger partial charge in [-0.25, -0.2) is 0 Å². The van der Waals surface area contributed by atoms with Crippen LogP contribution in [0.5, 0.6) is 0 Å². The normalized spacial score (nSPS) is 11.0. The minimum atomic E-state index is 1.07. The Morgan fingerprint density at radius 1 is 0.833 bits per heavy atom. The Morgan fingerprint density at radius 3 is 1.58 bits per heavy atom. The molecule has 0 aliphatic carbocycles. The van der Waals surface area contributed by atoms with Gasteiger partial charge >= 0.3 is 0 Å². The molecule has 0 bridgehead atoms. The summed E-state index contributed by atoms with van der Waals surface area (Å²) < 4.78 is 0. The van der Waals surface area contributed by atoms with E-state index in [9.17, 15) is 0 Å². The van der Waals surface area contributed by atoms with E-state index >= 15 is 0 Å². The standard InChI is InChI=1S/C11H23N/c1-4-6-8-10-12(3)11-9-7-5-2/h3H,4-11H2,1-2H3. The minimum absolute atomic E-state index is 1.07. The predicted octanol–water partition coefficient (Wildman–Crippen LogP) is 3.34. The van der Waals surface area contributed by atoms with E-state index in [2.05, 4.69) is 13.8 Å². The zero-order valence-corrected chi connectivity index (χ0v) is 8.68. The second-order valence-corrected chi connectivity index (χ2v) is 3.45. The third-order valence-electron chi connectivity index (χ3n) is 2.10. The summed E-state index contributed by atoms with van der Waals surface area (Å²) in [5.41, 5.74) is 0. The summed E-state index contributed by atoms with van der Waals surface area (Å²) in [7, 11) is 5.79. The Balaban J connectivity index is 3.04. The van der Waals surface area contributed by atoms with E-state index in [1.165, 1.54) is 38.5 Å². The van der Waals surface area contributed by atoms with Gasteiger partial charge in [0.15, 0.2) is 0 Å². The molecule has 0 aliphatic heterocycles. The number of hydrogen-bond acceptors (Lipinski definition) is 1. The van der Waals surface area contributed by atoms with Crippen LogP contribution in [0.3, 0.4) is 0 Å². The van der Waals surface area contributed by atoms with Crippen LogP contribution in [0, 0.1) is 7.05 Å². The van der Waals surface area contributed by atoms with Crippen molar-refractivity contribution >= 4 is 0 Å². The second kappa shape index (κ2) is 9.05. The van der Waals surface area contributed by atoms with E-state index in [1.807, 2.05) is 4.90 Å². The van der Waals surface area contributed by atoms with Crippen molar-refractivity contribution in [1.29, 1.82) is 0 Å². The summed E-state index contributed by atoms with van der Waals surface area (Å²) in [6.45, 7) is 6.57. The Kier molecular flexibility index (Phi) is 9.02. The molecule has 0 rings (SSSR count). The van der Waals surface area contributed by atoms with Crippen LogP contribution < -0.4 is 0 Å². The highest BCUT2D eigenvalue weighted by Gasteiger charge is 1.96. The van der Waals surface area contributed by atoms with Gasteiger partial charge in [-0.3, -0.25) is 4.90 Å². The van der Waals surface area contributed by atoms with Gasteiger partial charge in [0.25, 0.3) is 0 Å². The quantitative estimate of drug-likeness (QED) is 0.398. The van der Waals surface area contributed by atoms with Crippen molar-refractivity contribution in [1.82, 2.24) is 4.90 Å². The highest BCUT2D eigenvalue weighted by atomic mass is 15.1. The Labute approximate surface area is 78.1 Å². The van der Waals surface area contributed by atoms with Gasteiger partial charge in [0.1, 0.15) is 0 Å². The van der Waals surface area contributed by atoms with Gasteiger partial charge in [0.05, 0.1) is 0 Å². The van der Waals surface area contributed by atoms with Crippen LogP contribution in [-0.4, -0.2) is 18.0 Å². The fraction of sp³-hybridized carbons (Fsp3) is 0.909. The molecule has 0 heterocycles. The summed E-state index contributed by atoms with van der Waals surface area (Å²) in [5, 5.41) is 0. The molecule has 0 saturated carbocycles. The van der Waals surface area contributed by atoms with Crippen LogP contribution in [0.1, 0.15) is 52.4 Å². The molecule has 1 nitrogen and oxygen atoms in total. The SMILES string of the molecule is [CH]N(CCCCC)CCCCC. The van der Waals surface area contributed by atoms with Gasteiger partial charge in [-0.05, 0) is 25.9 Å². The summed E-state index contributed by atoms with van der Waals surface area (Å²) in [6.07, 6.45) is 7.67. The van der Waals surface area contributed by atoms with Crippen molar-refractivity contribution in [2.24, 2.45) is 0 Å². The van der Waals surface area contributed by atoms with E-state index in [1.54, 1.807) is 0 Å². The van der Waals surface area contributed by atoms with E-state index < -0.39 is 0 Å². The molecule has 0 atom stereocenters. The largest absolute Gasteiger partial charge is 0.297 e. The van der Waals surface area contributed by atoms with Crippen molar-refractivity contribution in [2.75, 3.05) is 13.1 Å². The van der Waals surface area contributed by atoms with Crippen molar-refractivity contribution in [3.8, 4) is 0 Å². The van der Waals surface area contributed by atoms with Gasteiger partial charge < -0.3 is 0 Å². The molecular weight excluding hydrogens is 146 g/mol. The van der Waals surface area contributed by atoms with Crippen molar-refractivity contribution in [2.45, 2.75) is 52.4 Å². The molecule has 0 saturated heterocycles. The summed E-state index contributed by atoms with van der Waals surface area (Å²) in [4.78, 5) is 1.96. The highest BCUT2D eigenvalue weighted by molar-refractivity contribution is 4.55. The summed E-state index contributed by atoms with van der Waals surface area (Å²) in [5.74, 6) is 0. The molecule has 0 N–H and O–H groups in total. The van der Waals surface area contributed by atoms with Gasteiger partial charge in [0, 0.05) is 7.05 Å². The lowest BCUT2D eigenvalue weighted by Crippen LogP contribution is -2.18. The zero-order chi connectivity index (χ0) is 9.23. The van der Waals surface area contributed by atoms with Crippen LogP contribution in [0.15, 0.2) is 0 Å². The third-order valence-corrected chi connectivity index (χ3v) is 2.10. The molecule has 0 amide bonds. The number of hydrogen-bond donors (Lipinski definition) is 0. The molecule has 72 valence electrons. The van der Waals surface area contributed by atoms with Crippen LogP contribution >= 0.6 is 0 Å². The third kappa shape index (κ3) is 8.06. The lowest BCUT2D eigenvalue weighted by atomic mass is 10.2. The molecule has 0 aromatic heterocycles. The average molecular weight is 169 g/mol. The van der Waals surface area contributed by atoms with Crippen LogP contribution in [0.25, 0.3) is 0 Å². The van der Waals surface area contributed by atoms with Crippen molar-refractivity contribution < 1.29 is 0 Å². The van der Waals surface area contributed by atoms with Gasteiger partial charge in [-0.15, -0.1) is 0 Å². The topological polar surface area (TPSA) is 3.24 Å². The van der Waals surface area contributed by atoms with Crippen LogP contribution in [-0.2, 0) is 0 Å². The van der Waals surface area contributed by atoms with E-state index in [0.29, 0.717) is 0 Å². The maximum absolute atomic E-state index is 5.79. The maximum Gasteiger partial charge on any atom is 0.0438 e. The first-order chi connectivity index (χ1) is 5.81. The Hall–Kier alpha value is -0.0400. The molecule has 0 unspecified atom stereocenters. The predicted molar refractivity (Wildman–Crippen MR) is 54.9 cm³/mol. The molecule has 0 fully saturated rings. The number of unbranched alkanes of at least 4 members (excludes halogenated alkanes) is 4. The fourth-order valence-electron chi connectivity index (χ4n) is 1.24. The average Bonchev–Trinajstić information content (AvgIpc) is 2.06. The summed E-state index contributed by atoms with van der Waals surface area (Å²) in [6, 6.07) is 0. The molecule has 0 aromatic rings. The van der Waals surface area contributed by atoms with Gasteiger partial charge in [-0.2, -0.15) is 0 Å². The lowest BCUT2D eigenvalue weighted by Gasteiger charge is -2.14. The molecule has 12 heavy (non-hydrogen) atoms. The van der Waals surface area contributed by atoms with Crippen LogP contribution in [0.2, 0.25) is 0 Å². The summed E-state index contributed by atoms with van der Waals surface area (Å²) >= 11 is 0. The second-order valence-electron chi connectivity index (χ2n) is 3.45. The molecule has 1 heteroatoms. The van der Waals surface area contributed by atoms with E-state index in [4.69, 9.17) is 7.05 Å². The molecule has 0 aromatic carbocycles. The fourth-order valence-corrected chi connectivity index (χ4v) is 1.24. The number of rotatable bonds is 8.